The number of nitrogens with one attached hydrogen (secondary N) is 2. The van der Waals surface area contributed by atoms with Crippen molar-refractivity contribution in [3.8, 4) is 0 Å². The molecule has 0 aliphatic heterocycles. The highest BCUT2D eigenvalue weighted by molar-refractivity contribution is 8.00. The molecular formula is C16H13Cl3N2O2S. The van der Waals surface area contributed by atoms with Gasteiger partial charge >= 0.3 is 0 Å². The zero-order valence-electron chi connectivity index (χ0n) is 12.3. The molecule has 0 unspecified atom stereocenters. The van der Waals surface area contributed by atoms with Crippen molar-refractivity contribution in [2.24, 2.45) is 0 Å². The Balaban J connectivity index is 1.77. The van der Waals surface area contributed by atoms with Gasteiger partial charge in [0.1, 0.15) is 0 Å². The third kappa shape index (κ3) is 5.91. The van der Waals surface area contributed by atoms with Gasteiger partial charge in [-0.15, -0.1) is 11.8 Å². The van der Waals surface area contributed by atoms with E-state index in [1.165, 1.54) is 11.8 Å². The maximum absolute atomic E-state index is 11.8. The van der Waals surface area contributed by atoms with Gasteiger partial charge < -0.3 is 0 Å². The molecule has 0 fully saturated rings. The summed E-state index contributed by atoms with van der Waals surface area (Å²) in [4.78, 5) is 24.3. The van der Waals surface area contributed by atoms with Crippen molar-refractivity contribution in [3.05, 3.63) is 63.1 Å². The molecule has 0 saturated carbocycles. The van der Waals surface area contributed by atoms with E-state index in [1.54, 1.807) is 42.5 Å². The van der Waals surface area contributed by atoms with Gasteiger partial charge in [-0.05, 0) is 29.8 Å². The predicted molar refractivity (Wildman–Crippen MR) is 98.6 cm³/mol. The minimum absolute atomic E-state index is 0.0766. The summed E-state index contributed by atoms with van der Waals surface area (Å²) in [7, 11) is 0. The lowest BCUT2D eigenvalue weighted by Gasteiger charge is -2.09. The summed E-state index contributed by atoms with van der Waals surface area (Å²) in [6.07, 6.45) is 0.0766. The Kier molecular flexibility index (Phi) is 7.24. The van der Waals surface area contributed by atoms with Gasteiger partial charge in [-0.3, -0.25) is 20.4 Å². The minimum Gasteiger partial charge on any atom is -0.273 e. The van der Waals surface area contributed by atoms with E-state index in [9.17, 15) is 9.59 Å². The first kappa shape index (κ1) is 18.9. The number of carbonyl (C=O) groups is 2. The van der Waals surface area contributed by atoms with Gasteiger partial charge in [-0.25, -0.2) is 0 Å². The van der Waals surface area contributed by atoms with E-state index in [-0.39, 0.29) is 24.0 Å². The molecule has 0 aliphatic carbocycles. The molecule has 2 aromatic rings. The maximum atomic E-state index is 11.8. The van der Waals surface area contributed by atoms with Crippen molar-refractivity contribution >= 4 is 58.4 Å². The second-order valence-corrected chi connectivity index (χ2v) is 7.00. The first-order valence-electron chi connectivity index (χ1n) is 6.84. The summed E-state index contributed by atoms with van der Waals surface area (Å²) in [5.74, 6) is -0.627. The van der Waals surface area contributed by atoms with Crippen LogP contribution in [0.3, 0.4) is 0 Å². The molecule has 0 atom stereocenters. The first-order valence-corrected chi connectivity index (χ1v) is 8.96. The molecule has 126 valence electrons. The molecular weight excluding hydrogens is 391 g/mol. The standard InChI is InChI=1S/C16H13Cl3N2O2S/c17-11-5-6-13(19)14(8-11)24-9-16(23)21-20-15(22)7-10-3-1-2-4-12(10)18/h1-6,8H,7,9H2,(H,20,22)(H,21,23). The zero-order valence-corrected chi connectivity index (χ0v) is 15.4. The van der Waals surface area contributed by atoms with Crippen molar-refractivity contribution in [1.82, 2.24) is 10.9 Å². The van der Waals surface area contributed by atoms with Crippen LogP contribution < -0.4 is 10.9 Å². The van der Waals surface area contributed by atoms with E-state index in [1.807, 2.05) is 0 Å². The average Bonchev–Trinajstić information content (AvgIpc) is 2.56. The highest BCUT2D eigenvalue weighted by atomic mass is 35.5. The molecule has 0 spiro atoms. The quantitative estimate of drug-likeness (QED) is 0.583. The lowest BCUT2D eigenvalue weighted by Crippen LogP contribution is -2.43. The zero-order chi connectivity index (χ0) is 17.5. The lowest BCUT2D eigenvalue weighted by atomic mass is 10.1. The smallest absolute Gasteiger partial charge is 0.248 e. The predicted octanol–water partition coefficient (Wildman–Crippen LogP) is 4.13. The largest absolute Gasteiger partial charge is 0.273 e. The van der Waals surface area contributed by atoms with Gasteiger partial charge in [-0.2, -0.15) is 0 Å². The van der Waals surface area contributed by atoms with Gasteiger partial charge in [0.05, 0.1) is 17.2 Å². The van der Waals surface area contributed by atoms with Crippen LogP contribution in [0, 0.1) is 0 Å². The summed E-state index contributed by atoms with van der Waals surface area (Å²) in [6.45, 7) is 0. The van der Waals surface area contributed by atoms with E-state index in [0.29, 0.717) is 25.5 Å². The average molecular weight is 404 g/mol. The van der Waals surface area contributed by atoms with Crippen LogP contribution in [0.1, 0.15) is 5.56 Å². The Bertz CT molecular complexity index is 756. The molecule has 2 amide bonds. The molecule has 24 heavy (non-hydrogen) atoms. The van der Waals surface area contributed by atoms with Crippen LogP contribution in [0.4, 0.5) is 0 Å². The first-order chi connectivity index (χ1) is 11.5. The number of carbonyl (C=O) groups excluding carboxylic acids is 2. The third-order valence-corrected chi connectivity index (χ3v) is 5.00. The number of amides is 2. The number of benzene rings is 2. The third-order valence-electron chi connectivity index (χ3n) is 2.90. The van der Waals surface area contributed by atoms with E-state index >= 15 is 0 Å². The van der Waals surface area contributed by atoms with Crippen LogP contribution in [0.15, 0.2) is 47.4 Å². The van der Waals surface area contributed by atoms with E-state index in [0.717, 1.165) is 0 Å². The van der Waals surface area contributed by atoms with Crippen molar-refractivity contribution < 1.29 is 9.59 Å². The van der Waals surface area contributed by atoms with Crippen LogP contribution in [-0.2, 0) is 16.0 Å². The Hall–Kier alpha value is -1.40. The molecule has 8 heteroatoms. The summed E-state index contributed by atoms with van der Waals surface area (Å²) in [5.41, 5.74) is 5.39. The van der Waals surface area contributed by atoms with Crippen LogP contribution in [-0.4, -0.2) is 17.6 Å². The molecule has 0 aliphatic rings. The number of hydrogen-bond acceptors (Lipinski definition) is 3. The van der Waals surface area contributed by atoms with Crippen LogP contribution in [0.2, 0.25) is 15.1 Å². The summed E-state index contributed by atoms with van der Waals surface area (Å²) in [5, 5.41) is 1.56. The Morgan fingerprint density at radius 3 is 2.38 bits per heavy atom. The molecule has 2 rings (SSSR count). The maximum Gasteiger partial charge on any atom is 0.248 e. The molecule has 0 aromatic heterocycles. The fourth-order valence-electron chi connectivity index (χ4n) is 1.77. The van der Waals surface area contributed by atoms with E-state index in [2.05, 4.69) is 10.9 Å². The van der Waals surface area contributed by atoms with Crippen LogP contribution in [0.5, 0.6) is 0 Å². The van der Waals surface area contributed by atoms with E-state index in [4.69, 9.17) is 34.8 Å². The lowest BCUT2D eigenvalue weighted by molar-refractivity contribution is -0.127. The highest BCUT2D eigenvalue weighted by Gasteiger charge is 2.09. The van der Waals surface area contributed by atoms with Crippen LogP contribution in [0.25, 0.3) is 0 Å². The van der Waals surface area contributed by atoms with Gasteiger partial charge in [-0.1, -0.05) is 53.0 Å². The molecule has 4 nitrogen and oxygen atoms in total. The molecule has 0 heterocycles. The topological polar surface area (TPSA) is 58.2 Å². The SMILES string of the molecule is O=C(CSc1cc(Cl)ccc1Cl)NNC(=O)Cc1ccccc1Cl. The number of hydrogen-bond donors (Lipinski definition) is 2. The monoisotopic (exact) mass is 402 g/mol. The van der Waals surface area contributed by atoms with Crippen molar-refractivity contribution in [3.63, 3.8) is 0 Å². The molecule has 0 saturated heterocycles. The fourth-order valence-corrected chi connectivity index (χ4v) is 3.26. The number of halogens is 3. The Morgan fingerprint density at radius 1 is 0.917 bits per heavy atom. The van der Waals surface area contributed by atoms with Crippen molar-refractivity contribution in [1.29, 1.82) is 0 Å². The molecule has 2 aromatic carbocycles. The molecule has 0 radical (unpaired) electrons. The fraction of sp³-hybridized carbons (Fsp3) is 0.125. The summed E-state index contributed by atoms with van der Waals surface area (Å²) in [6, 6.07) is 12.0. The normalized spacial score (nSPS) is 10.3. The number of rotatable bonds is 5. The Morgan fingerprint density at radius 2 is 1.62 bits per heavy atom. The molecule has 0 bridgehead atoms. The highest BCUT2D eigenvalue weighted by Crippen LogP contribution is 2.29. The second kappa shape index (κ2) is 9.18. The summed E-state index contributed by atoms with van der Waals surface area (Å²) < 4.78 is 0. The molecule has 2 N–H and O–H groups in total. The van der Waals surface area contributed by atoms with Gasteiger partial charge in [0.15, 0.2) is 0 Å². The minimum atomic E-state index is -0.359. The van der Waals surface area contributed by atoms with Gasteiger partial charge in [0.2, 0.25) is 11.8 Å². The van der Waals surface area contributed by atoms with Gasteiger partial charge in [0, 0.05) is 14.9 Å². The summed E-state index contributed by atoms with van der Waals surface area (Å²) >= 11 is 19.1. The van der Waals surface area contributed by atoms with E-state index < -0.39 is 0 Å². The number of thioether (sulfide) groups is 1. The second-order valence-electron chi connectivity index (χ2n) is 4.73. The van der Waals surface area contributed by atoms with Gasteiger partial charge in [0.25, 0.3) is 0 Å². The van der Waals surface area contributed by atoms with Crippen molar-refractivity contribution in [2.75, 3.05) is 5.75 Å². The Labute approximate surface area is 158 Å². The van der Waals surface area contributed by atoms with Crippen LogP contribution >= 0.6 is 46.6 Å². The van der Waals surface area contributed by atoms with Crippen molar-refractivity contribution in [2.45, 2.75) is 11.3 Å². The number of hydrazine groups is 1.